The van der Waals surface area contributed by atoms with Gasteiger partial charge in [0.25, 0.3) is 0 Å². The minimum absolute atomic E-state index is 0.134. The molecule has 0 atom stereocenters. The Labute approximate surface area is 264 Å². The van der Waals surface area contributed by atoms with Gasteiger partial charge in [-0.1, -0.05) is 55.7 Å². The third-order valence-electron chi connectivity index (χ3n) is 7.14. The SMILES string of the molecule is O=C(CCCCCCCC(=O)Nc1nc(-c2cc3ccccc3oc2=O)cs1)Nc1nc(-c2cc3ccccc3oc2=O)cs1. The molecule has 0 aliphatic heterocycles. The Morgan fingerprint density at radius 1 is 0.622 bits per heavy atom. The minimum Gasteiger partial charge on any atom is -0.422 e. The molecule has 0 spiro atoms. The normalized spacial score (nSPS) is 11.2. The molecule has 6 rings (SSSR count). The fraction of sp³-hybridized carbons (Fsp3) is 0.212. The number of para-hydroxylation sites is 2. The summed E-state index contributed by atoms with van der Waals surface area (Å²) in [5.74, 6) is -0.268. The number of benzene rings is 2. The monoisotopic (exact) mass is 640 g/mol. The zero-order chi connectivity index (χ0) is 31.2. The fourth-order valence-corrected chi connectivity index (χ4v) is 6.31. The van der Waals surface area contributed by atoms with Gasteiger partial charge in [-0.25, -0.2) is 19.6 Å². The summed E-state index contributed by atoms with van der Waals surface area (Å²) in [6, 6.07) is 18.0. The number of unbranched alkanes of at least 4 members (excludes halogenated alkanes) is 4. The predicted octanol–water partition coefficient (Wildman–Crippen LogP) is 7.45. The van der Waals surface area contributed by atoms with Crippen molar-refractivity contribution in [2.75, 3.05) is 10.6 Å². The molecule has 0 aliphatic rings. The highest BCUT2D eigenvalue weighted by atomic mass is 32.1. The molecule has 4 heterocycles. The number of rotatable bonds is 12. The highest BCUT2D eigenvalue weighted by Gasteiger charge is 2.14. The second kappa shape index (κ2) is 13.8. The summed E-state index contributed by atoms with van der Waals surface area (Å²) in [5.41, 5.74) is 1.71. The van der Waals surface area contributed by atoms with Gasteiger partial charge in [0.2, 0.25) is 11.8 Å². The Morgan fingerprint density at radius 3 is 1.51 bits per heavy atom. The first kappa shape index (κ1) is 30.1. The van der Waals surface area contributed by atoms with E-state index in [0.29, 0.717) is 56.8 Å². The number of amides is 2. The van der Waals surface area contributed by atoms with Crippen molar-refractivity contribution in [2.45, 2.75) is 44.9 Å². The number of aromatic nitrogens is 2. The molecule has 2 N–H and O–H groups in total. The summed E-state index contributed by atoms with van der Waals surface area (Å²) in [6.07, 6.45) is 4.77. The molecule has 4 aromatic heterocycles. The van der Waals surface area contributed by atoms with Crippen LogP contribution in [0.2, 0.25) is 0 Å². The van der Waals surface area contributed by atoms with Crippen LogP contribution in [0.4, 0.5) is 10.3 Å². The summed E-state index contributed by atoms with van der Waals surface area (Å²) >= 11 is 2.52. The van der Waals surface area contributed by atoms with Crippen molar-refractivity contribution in [3.8, 4) is 22.5 Å². The zero-order valence-electron chi connectivity index (χ0n) is 24.0. The average molecular weight is 641 g/mol. The number of nitrogens with one attached hydrogen (secondary N) is 2. The quantitative estimate of drug-likeness (QED) is 0.104. The van der Waals surface area contributed by atoms with Crippen LogP contribution in [0.15, 0.2) is 89.8 Å². The Balaban J connectivity index is 0.885. The van der Waals surface area contributed by atoms with Crippen molar-refractivity contribution in [1.82, 2.24) is 9.97 Å². The van der Waals surface area contributed by atoms with Crippen molar-refractivity contribution in [3.05, 3.63) is 92.3 Å². The van der Waals surface area contributed by atoms with Gasteiger partial charge in [-0.15, -0.1) is 22.7 Å². The lowest BCUT2D eigenvalue weighted by molar-refractivity contribution is -0.117. The Morgan fingerprint density at radius 2 is 1.04 bits per heavy atom. The topological polar surface area (TPSA) is 144 Å². The Kier molecular flexibility index (Phi) is 9.22. The molecular formula is C33H28N4O6S2. The van der Waals surface area contributed by atoms with Gasteiger partial charge >= 0.3 is 11.3 Å². The zero-order valence-corrected chi connectivity index (χ0v) is 25.7. The Bertz CT molecular complexity index is 1960. The first-order chi connectivity index (χ1) is 21.9. The molecule has 0 fully saturated rings. The van der Waals surface area contributed by atoms with Crippen LogP contribution >= 0.6 is 22.7 Å². The van der Waals surface area contributed by atoms with E-state index in [4.69, 9.17) is 8.83 Å². The van der Waals surface area contributed by atoms with Crippen LogP contribution in [0.1, 0.15) is 44.9 Å². The lowest BCUT2D eigenvalue weighted by Crippen LogP contribution is -2.11. The van der Waals surface area contributed by atoms with Crippen LogP contribution in [0.3, 0.4) is 0 Å². The lowest BCUT2D eigenvalue weighted by atomic mass is 10.1. The Hall–Kier alpha value is -4.94. The van der Waals surface area contributed by atoms with Gasteiger partial charge in [-0.3, -0.25) is 9.59 Å². The maximum Gasteiger partial charge on any atom is 0.345 e. The molecule has 0 radical (unpaired) electrons. The summed E-state index contributed by atoms with van der Waals surface area (Å²) in [5, 5.41) is 11.5. The number of thiazole rings is 2. The van der Waals surface area contributed by atoms with E-state index in [1.807, 2.05) is 24.3 Å². The van der Waals surface area contributed by atoms with Crippen molar-refractivity contribution in [3.63, 3.8) is 0 Å². The second-order valence-electron chi connectivity index (χ2n) is 10.4. The van der Waals surface area contributed by atoms with E-state index in [1.165, 1.54) is 22.7 Å². The number of carbonyl (C=O) groups is 2. The van der Waals surface area contributed by atoms with Crippen LogP contribution < -0.4 is 21.9 Å². The van der Waals surface area contributed by atoms with Crippen LogP contribution in [0, 0.1) is 0 Å². The molecule has 10 nitrogen and oxygen atoms in total. The number of carbonyl (C=O) groups excluding carboxylic acids is 2. The molecule has 0 unspecified atom stereocenters. The molecule has 45 heavy (non-hydrogen) atoms. The summed E-state index contributed by atoms with van der Waals surface area (Å²) < 4.78 is 10.8. The molecule has 0 saturated heterocycles. The summed E-state index contributed by atoms with van der Waals surface area (Å²) in [4.78, 5) is 58.4. The molecular weight excluding hydrogens is 613 g/mol. The highest BCUT2D eigenvalue weighted by Crippen LogP contribution is 2.27. The summed E-state index contributed by atoms with van der Waals surface area (Å²) in [7, 11) is 0. The van der Waals surface area contributed by atoms with Gasteiger partial charge in [0, 0.05) is 34.4 Å². The second-order valence-corrected chi connectivity index (χ2v) is 12.1. The molecule has 2 amide bonds. The smallest absolute Gasteiger partial charge is 0.345 e. The van der Waals surface area contributed by atoms with Gasteiger partial charge in [0.15, 0.2) is 10.3 Å². The van der Waals surface area contributed by atoms with Gasteiger partial charge in [-0.05, 0) is 37.1 Å². The number of hydrogen-bond acceptors (Lipinski definition) is 10. The number of hydrogen-bond donors (Lipinski definition) is 2. The van der Waals surface area contributed by atoms with Gasteiger partial charge in [0.05, 0.1) is 22.5 Å². The van der Waals surface area contributed by atoms with E-state index >= 15 is 0 Å². The third kappa shape index (κ3) is 7.41. The van der Waals surface area contributed by atoms with Crippen molar-refractivity contribution in [2.24, 2.45) is 0 Å². The van der Waals surface area contributed by atoms with Gasteiger partial charge < -0.3 is 19.5 Å². The number of nitrogens with zero attached hydrogens (tertiary/aromatic N) is 2. The van der Waals surface area contributed by atoms with Gasteiger partial charge in [-0.2, -0.15) is 0 Å². The molecule has 0 saturated carbocycles. The first-order valence-corrected chi connectivity index (χ1v) is 16.3. The molecule has 2 aromatic carbocycles. The van der Waals surface area contributed by atoms with Crippen molar-refractivity contribution >= 4 is 66.7 Å². The van der Waals surface area contributed by atoms with E-state index in [-0.39, 0.29) is 11.8 Å². The van der Waals surface area contributed by atoms with Crippen LogP contribution in [-0.4, -0.2) is 21.8 Å². The molecule has 12 heteroatoms. The van der Waals surface area contributed by atoms with E-state index < -0.39 is 11.3 Å². The van der Waals surface area contributed by atoms with Crippen LogP contribution in [-0.2, 0) is 9.59 Å². The van der Waals surface area contributed by atoms with Crippen molar-refractivity contribution in [1.29, 1.82) is 0 Å². The molecule has 0 aliphatic carbocycles. The number of fused-ring (bicyclic) bond motifs is 2. The van der Waals surface area contributed by atoms with Crippen LogP contribution in [0.25, 0.3) is 44.5 Å². The van der Waals surface area contributed by atoms with Gasteiger partial charge in [0.1, 0.15) is 11.2 Å². The standard InChI is InChI=1S/C33H28N4O6S2/c38-28(36-32-34-24(18-44-32)22-16-20-10-6-8-12-26(20)42-30(22)40)14-4-2-1-3-5-15-29(39)37-33-35-25(19-45-33)23-17-21-11-7-9-13-27(21)43-31(23)41/h6-13,16-19H,1-5,14-15H2,(H,34,36,38)(H,35,37,39). The van der Waals surface area contributed by atoms with E-state index in [2.05, 4.69) is 20.6 Å². The number of anilines is 2. The average Bonchev–Trinajstić information content (AvgIpc) is 3.69. The largest absolute Gasteiger partial charge is 0.422 e. The highest BCUT2D eigenvalue weighted by molar-refractivity contribution is 7.14. The van der Waals surface area contributed by atoms with E-state index in [1.54, 1.807) is 47.2 Å². The predicted molar refractivity (Wildman–Crippen MR) is 177 cm³/mol. The lowest BCUT2D eigenvalue weighted by Gasteiger charge is -2.04. The maximum atomic E-state index is 12.4. The third-order valence-corrected chi connectivity index (χ3v) is 8.66. The molecule has 0 bridgehead atoms. The fourth-order valence-electron chi connectivity index (χ4n) is 4.86. The van der Waals surface area contributed by atoms with E-state index in [9.17, 15) is 19.2 Å². The van der Waals surface area contributed by atoms with Crippen LogP contribution in [0.5, 0.6) is 0 Å². The molecule has 228 valence electrons. The van der Waals surface area contributed by atoms with E-state index in [0.717, 1.165) is 42.9 Å². The summed E-state index contributed by atoms with van der Waals surface area (Å²) in [6.45, 7) is 0. The first-order valence-electron chi connectivity index (χ1n) is 14.5. The van der Waals surface area contributed by atoms with Crippen molar-refractivity contribution < 1.29 is 18.4 Å². The minimum atomic E-state index is -0.473. The maximum absolute atomic E-state index is 12.4. The molecule has 6 aromatic rings.